The Labute approximate surface area is 152 Å². The van der Waals surface area contributed by atoms with Gasteiger partial charge >= 0.3 is 0 Å². The standard InChI is InChI=1S/C21H35NO3/c1-13(2)16-6-8-21(4,5)12-17(16)20(25)22-9-7-15-10-14(3)19(24)18(23)11-15/h10-11,13-14,16-17,19,23-24H,6-9,12H2,1-5H3,(H,22,25). The average Bonchev–Trinajstić information content (AvgIpc) is 2.51. The molecule has 0 aromatic carbocycles. The van der Waals surface area contributed by atoms with Gasteiger partial charge in [-0.25, -0.2) is 0 Å². The van der Waals surface area contributed by atoms with E-state index in [0.717, 1.165) is 18.4 Å². The maximum absolute atomic E-state index is 12.8. The molecule has 4 heteroatoms. The van der Waals surface area contributed by atoms with Crippen molar-refractivity contribution in [3.8, 4) is 0 Å². The van der Waals surface area contributed by atoms with Gasteiger partial charge in [-0.3, -0.25) is 4.79 Å². The van der Waals surface area contributed by atoms with Crippen molar-refractivity contribution in [1.82, 2.24) is 5.32 Å². The molecule has 25 heavy (non-hydrogen) atoms. The molecule has 0 radical (unpaired) electrons. The molecule has 1 saturated carbocycles. The third kappa shape index (κ3) is 5.10. The maximum Gasteiger partial charge on any atom is 0.223 e. The van der Waals surface area contributed by atoms with Crippen molar-refractivity contribution >= 4 is 5.91 Å². The molecule has 1 amide bonds. The van der Waals surface area contributed by atoms with Crippen LogP contribution in [0.15, 0.2) is 23.5 Å². The Bertz CT molecular complexity index is 547. The summed E-state index contributed by atoms with van der Waals surface area (Å²) in [6, 6.07) is 0. The highest BCUT2D eigenvalue weighted by Gasteiger charge is 2.39. The number of hydrogen-bond acceptors (Lipinski definition) is 3. The Morgan fingerprint density at radius 2 is 2.08 bits per heavy atom. The van der Waals surface area contributed by atoms with Crippen molar-refractivity contribution in [3.05, 3.63) is 23.5 Å². The predicted octanol–water partition coefficient (Wildman–Crippen LogP) is 3.97. The van der Waals surface area contributed by atoms with Crippen molar-refractivity contribution in [3.63, 3.8) is 0 Å². The molecule has 0 spiro atoms. The highest BCUT2D eigenvalue weighted by molar-refractivity contribution is 5.79. The molecule has 0 aromatic heterocycles. The Morgan fingerprint density at radius 1 is 1.40 bits per heavy atom. The van der Waals surface area contributed by atoms with E-state index in [-0.39, 0.29) is 28.9 Å². The summed E-state index contributed by atoms with van der Waals surface area (Å²) >= 11 is 0. The van der Waals surface area contributed by atoms with Crippen LogP contribution in [0.3, 0.4) is 0 Å². The van der Waals surface area contributed by atoms with Crippen molar-refractivity contribution < 1.29 is 15.0 Å². The smallest absolute Gasteiger partial charge is 0.223 e. The van der Waals surface area contributed by atoms with Crippen LogP contribution in [0.4, 0.5) is 0 Å². The maximum atomic E-state index is 12.8. The molecule has 1 fully saturated rings. The van der Waals surface area contributed by atoms with Gasteiger partial charge in [-0.15, -0.1) is 0 Å². The summed E-state index contributed by atoms with van der Waals surface area (Å²) in [7, 11) is 0. The van der Waals surface area contributed by atoms with Crippen molar-refractivity contribution in [2.24, 2.45) is 29.1 Å². The zero-order chi connectivity index (χ0) is 18.8. The van der Waals surface area contributed by atoms with Gasteiger partial charge in [-0.05, 0) is 54.6 Å². The molecule has 4 nitrogen and oxygen atoms in total. The largest absolute Gasteiger partial charge is 0.510 e. The molecule has 0 saturated heterocycles. The van der Waals surface area contributed by atoms with E-state index in [9.17, 15) is 15.0 Å². The van der Waals surface area contributed by atoms with Crippen LogP contribution in [0, 0.1) is 29.1 Å². The van der Waals surface area contributed by atoms with Crippen molar-refractivity contribution in [2.75, 3.05) is 6.54 Å². The van der Waals surface area contributed by atoms with Gasteiger partial charge in [-0.1, -0.05) is 40.7 Å². The second-order valence-corrected chi connectivity index (χ2v) is 9.08. The van der Waals surface area contributed by atoms with Gasteiger partial charge in [0.15, 0.2) is 0 Å². The minimum atomic E-state index is -0.811. The monoisotopic (exact) mass is 349 g/mol. The first-order valence-corrected chi connectivity index (χ1v) is 9.68. The first-order valence-electron chi connectivity index (χ1n) is 9.68. The lowest BCUT2D eigenvalue weighted by Crippen LogP contribution is -2.42. The molecule has 2 aliphatic rings. The zero-order valence-electron chi connectivity index (χ0n) is 16.4. The summed E-state index contributed by atoms with van der Waals surface area (Å²) in [5.41, 5.74) is 1.21. The lowest BCUT2D eigenvalue weighted by atomic mass is 9.64. The number of rotatable bonds is 5. The Hall–Kier alpha value is -1.29. The SMILES string of the molecule is CC(C)C1CCC(C)(C)CC1C(=O)NCCC1=CC(C)C(O)C(O)=C1. The van der Waals surface area contributed by atoms with Gasteiger partial charge in [0.2, 0.25) is 5.91 Å². The van der Waals surface area contributed by atoms with Gasteiger partial charge in [0.05, 0.1) is 0 Å². The van der Waals surface area contributed by atoms with E-state index in [1.54, 1.807) is 6.08 Å². The van der Waals surface area contributed by atoms with E-state index in [4.69, 9.17) is 0 Å². The fourth-order valence-corrected chi connectivity index (χ4v) is 4.33. The summed E-state index contributed by atoms with van der Waals surface area (Å²) in [6.45, 7) is 11.4. The molecule has 3 N–H and O–H groups in total. The van der Waals surface area contributed by atoms with E-state index in [0.29, 0.717) is 24.8 Å². The third-order valence-electron chi connectivity index (χ3n) is 5.96. The molecule has 2 rings (SSSR count). The van der Waals surface area contributed by atoms with E-state index in [2.05, 4.69) is 33.0 Å². The van der Waals surface area contributed by atoms with Crippen LogP contribution in [-0.4, -0.2) is 28.8 Å². The van der Waals surface area contributed by atoms with Crippen LogP contribution in [0.25, 0.3) is 0 Å². The molecule has 4 atom stereocenters. The van der Waals surface area contributed by atoms with Crippen LogP contribution in [0.5, 0.6) is 0 Å². The third-order valence-corrected chi connectivity index (χ3v) is 5.96. The molecule has 0 heterocycles. The number of amides is 1. The van der Waals surface area contributed by atoms with Gasteiger partial charge in [0, 0.05) is 18.4 Å². The van der Waals surface area contributed by atoms with Crippen LogP contribution in [0.2, 0.25) is 0 Å². The fourth-order valence-electron chi connectivity index (χ4n) is 4.33. The average molecular weight is 350 g/mol. The van der Waals surface area contributed by atoms with E-state index >= 15 is 0 Å². The summed E-state index contributed by atoms with van der Waals surface area (Å²) < 4.78 is 0. The Balaban J connectivity index is 1.91. The van der Waals surface area contributed by atoms with E-state index in [1.165, 1.54) is 6.42 Å². The highest BCUT2D eigenvalue weighted by Crippen LogP contribution is 2.44. The molecular formula is C21H35NO3. The van der Waals surface area contributed by atoms with E-state index < -0.39 is 6.10 Å². The molecule has 2 aliphatic carbocycles. The summed E-state index contributed by atoms with van der Waals surface area (Å²) in [6.07, 6.45) is 6.73. The summed E-state index contributed by atoms with van der Waals surface area (Å²) in [5, 5.41) is 22.6. The van der Waals surface area contributed by atoms with E-state index in [1.807, 2.05) is 13.0 Å². The first kappa shape index (κ1) is 20.0. The Kier molecular flexibility index (Phi) is 6.36. The number of carbonyl (C=O) groups excluding carboxylic acids is 1. The second-order valence-electron chi connectivity index (χ2n) is 9.08. The number of aliphatic hydroxyl groups excluding tert-OH is 2. The topological polar surface area (TPSA) is 69.6 Å². The van der Waals surface area contributed by atoms with Crippen LogP contribution < -0.4 is 5.32 Å². The highest BCUT2D eigenvalue weighted by atomic mass is 16.3. The lowest BCUT2D eigenvalue weighted by Gasteiger charge is -2.41. The lowest BCUT2D eigenvalue weighted by molar-refractivity contribution is -0.130. The van der Waals surface area contributed by atoms with Crippen molar-refractivity contribution in [1.29, 1.82) is 0 Å². The zero-order valence-corrected chi connectivity index (χ0v) is 16.4. The number of allylic oxidation sites excluding steroid dienone is 1. The number of carbonyl (C=O) groups is 1. The molecule has 0 bridgehead atoms. The minimum Gasteiger partial charge on any atom is -0.510 e. The summed E-state index contributed by atoms with van der Waals surface area (Å²) in [4.78, 5) is 12.8. The molecule has 0 aliphatic heterocycles. The predicted molar refractivity (Wildman–Crippen MR) is 101 cm³/mol. The van der Waals surface area contributed by atoms with Crippen LogP contribution in [0.1, 0.15) is 60.3 Å². The van der Waals surface area contributed by atoms with Gasteiger partial charge in [0.1, 0.15) is 11.9 Å². The van der Waals surface area contributed by atoms with Crippen molar-refractivity contribution in [2.45, 2.75) is 66.4 Å². The van der Waals surface area contributed by atoms with Crippen LogP contribution in [-0.2, 0) is 4.79 Å². The summed E-state index contributed by atoms with van der Waals surface area (Å²) in [5.74, 6) is 1.17. The number of nitrogens with one attached hydrogen (secondary N) is 1. The number of hydrogen-bond donors (Lipinski definition) is 3. The molecule has 142 valence electrons. The quantitative estimate of drug-likeness (QED) is 0.703. The minimum absolute atomic E-state index is 0.0187. The normalized spacial score (nSPS) is 32.1. The van der Waals surface area contributed by atoms with Gasteiger partial charge in [-0.2, -0.15) is 0 Å². The molecule has 4 unspecified atom stereocenters. The molecular weight excluding hydrogens is 314 g/mol. The van der Waals surface area contributed by atoms with Gasteiger partial charge in [0.25, 0.3) is 0 Å². The Morgan fingerprint density at radius 3 is 2.68 bits per heavy atom. The van der Waals surface area contributed by atoms with Crippen LogP contribution >= 0.6 is 0 Å². The number of aliphatic hydroxyl groups is 2. The fraction of sp³-hybridized carbons (Fsp3) is 0.762. The first-order chi connectivity index (χ1) is 11.6. The molecule has 0 aromatic rings. The second kappa shape index (κ2) is 7.94. The van der Waals surface area contributed by atoms with Gasteiger partial charge < -0.3 is 15.5 Å².